The molecule has 0 aromatic heterocycles. The van der Waals surface area contributed by atoms with Gasteiger partial charge in [-0.05, 0) is 79.5 Å². The van der Waals surface area contributed by atoms with Crippen LogP contribution < -0.4 is 15.2 Å². The van der Waals surface area contributed by atoms with Crippen molar-refractivity contribution < 1.29 is 38.1 Å². The lowest BCUT2D eigenvalue weighted by Gasteiger charge is -2.23. The second-order valence-corrected chi connectivity index (χ2v) is 11.3. The van der Waals surface area contributed by atoms with Crippen LogP contribution >= 0.6 is 0 Å². The van der Waals surface area contributed by atoms with Crippen LogP contribution in [0.4, 0.5) is 0 Å². The number of benzene rings is 1. The van der Waals surface area contributed by atoms with Crippen LogP contribution in [0.5, 0.6) is 11.5 Å². The van der Waals surface area contributed by atoms with Crippen molar-refractivity contribution in [2.75, 3.05) is 0 Å². The van der Waals surface area contributed by atoms with Gasteiger partial charge in [-0.3, -0.25) is 19.2 Å². The molecule has 0 unspecified atom stereocenters. The average Bonchev–Trinajstić information content (AvgIpc) is 2.73. The van der Waals surface area contributed by atoms with Gasteiger partial charge in [0, 0.05) is 0 Å². The molecular weight excluding hydrogens is 466 g/mol. The van der Waals surface area contributed by atoms with E-state index in [0.29, 0.717) is 5.56 Å². The molecule has 3 atom stereocenters. The van der Waals surface area contributed by atoms with Gasteiger partial charge >= 0.3 is 23.9 Å². The second kappa shape index (κ2) is 12.3. The van der Waals surface area contributed by atoms with E-state index in [9.17, 15) is 19.2 Å². The predicted octanol–water partition coefficient (Wildman–Crippen LogP) is 3.98. The lowest BCUT2D eigenvalue weighted by atomic mass is 9.97. The van der Waals surface area contributed by atoms with Gasteiger partial charge in [0.25, 0.3) is 0 Å². The van der Waals surface area contributed by atoms with Crippen LogP contribution in [-0.2, 0) is 35.1 Å². The molecule has 202 valence electrons. The normalized spacial score (nSPS) is 14.4. The van der Waals surface area contributed by atoms with E-state index >= 15 is 0 Å². The topological polar surface area (TPSA) is 131 Å². The van der Waals surface area contributed by atoms with Gasteiger partial charge in [-0.15, -0.1) is 0 Å². The third-order valence-electron chi connectivity index (χ3n) is 5.13. The molecule has 9 nitrogen and oxygen atoms in total. The van der Waals surface area contributed by atoms with Gasteiger partial charge in [-0.1, -0.05) is 19.9 Å². The van der Waals surface area contributed by atoms with Gasteiger partial charge in [0.15, 0.2) is 11.5 Å². The summed E-state index contributed by atoms with van der Waals surface area (Å²) >= 11 is 0. The van der Waals surface area contributed by atoms with Crippen LogP contribution in [-0.4, -0.2) is 42.1 Å². The summed E-state index contributed by atoms with van der Waals surface area (Å²) in [5, 5.41) is 0. The number of esters is 4. The summed E-state index contributed by atoms with van der Waals surface area (Å²) in [6.45, 7) is 16.9. The molecule has 9 heteroatoms. The van der Waals surface area contributed by atoms with Crippen molar-refractivity contribution in [3.63, 3.8) is 0 Å². The Labute approximate surface area is 214 Å². The fraction of sp³-hybridized carbons (Fsp3) is 0.630. The second-order valence-electron chi connectivity index (χ2n) is 11.3. The maximum Gasteiger partial charge on any atom is 0.323 e. The Kier molecular flexibility index (Phi) is 10.7. The number of hydrogen-bond donors (Lipinski definition) is 1. The molecule has 0 amide bonds. The highest BCUT2D eigenvalue weighted by molar-refractivity contribution is 5.81. The van der Waals surface area contributed by atoms with Crippen molar-refractivity contribution in [2.24, 2.45) is 22.5 Å². The lowest BCUT2D eigenvalue weighted by Crippen LogP contribution is -2.39. The molecule has 0 heterocycles. The van der Waals surface area contributed by atoms with E-state index in [0.717, 1.165) is 0 Å². The molecule has 0 saturated carbocycles. The molecular formula is C27H41NO8. The number of rotatable bonds is 9. The Hall–Kier alpha value is -2.94. The van der Waals surface area contributed by atoms with Gasteiger partial charge < -0.3 is 24.7 Å². The summed E-state index contributed by atoms with van der Waals surface area (Å²) in [5.41, 5.74) is 5.07. The Morgan fingerprint density at radius 3 is 1.64 bits per heavy atom. The first-order valence-corrected chi connectivity index (χ1v) is 12.1. The van der Waals surface area contributed by atoms with E-state index in [1.807, 2.05) is 0 Å². The molecule has 1 aromatic carbocycles. The van der Waals surface area contributed by atoms with Gasteiger partial charge in [0.2, 0.25) is 0 Å². The summed E-state index contributed by atoms with van der Waals surface area (Å²) in [4.78, 5) is 49.3. The molecule has 1 rings (SSSR count). The Morgan fingerprint density at radius 2 is 1.19 bits per heavy atom. The molecule has 0 aliphatic carbocycles. The minimum atomic E-state index is -1.03. The van der Waals surface area contributed by atoms with E-state index in [2.05, 4.69) is 0 Å². The van der Waals surface area contributed by atoms with Crippen molar-refractivity contribution in [2.45, 2.75) is 93.9 Å². The van der Waals surface area contributed by atoms with Crippen LogP contribution in [0.3, 0.4) is 0 Å². The van der Waals surface area contributed by atoms with Crippen LogP contribution in [0.15, 0.2) is 18.2 Å². The van der Waals surface area contributed by atoms with Gasteiger partial charge in [-0.25, -0.2) is 0 Å². The Bertz CT molecular complexity index is 956. The van der Waals surface area contributed by atoms with Crippen LogP contribution in [0, 0.1) is 16.7 Å². The van der Waals surface area contributed by atoms with Crippen molar-refractivity contribution in [3.05, 3.63) is 23.8 Å². The maximum absolute atomic E-state index is 12.6. The molecule has 0 radical (unpaired) electrons. The average molecular weight is 508 g/mol. The molecule has 0 spiro atoms. The Balaban J connectivity index is 3.03. The SMILES string of the molecule is CC(C)C(=O)O[C@@H](C)[C@H](C)OC(=O)[C@@H](N)Cc1ccc(OC(=O)C(C)(C)C)c(OC(=O)C(C)(C)C)c1. The van der Waals surface area contributed by atoms with E-state index in [-0.39, 0.29) is 29.8 Å². The summed E-state index contributed by atoms with van der Waals surface area (Å²) in [6.07, 6.45) is -1.27. The minimum absolute atomic E-state index is 0.0492. The smallest absolute Gasteiger partial charge is 0.323 e. The lowest BCUT2D eigenvalue weighted by molar-refractivity contribution is -0.168. The molecule has 36 heavy (non-hydrogen) atoms. The highest BCUT2D eigenvalue weighted by Crippen LogP contribution is 2.33. The maximum atomic E-state index is 12.6. The monoisotopic (exact) mass is 507 g/mol. The number of ether oxygens (including phenoxy) is 4. The zero-order valence-corrected chi connectivity index (χ0v) is 23.1. The number of carbonyl (C=O) groups is 4. The first kappa shape index (κ1) is 31.1. The summed E-state index contributed by atoms with van der Waals surface area (Å²) < 4.78 is 21.7. The summed E-state index contributed by atoms with van der Waals surface area (Å²) in [7, 11) is 0. The van der Waals surface area contributed by atoms with E-state index in [1.54, 1.807) is 75.3 Å². The largest absolute Gasteiger partial charge is 0.459 e. The number of hydrogen-bond acceptors (Lipinski definition) is 9. The van der Waals surface area contributed by atoms with Crippen LogP contribution in [0.25, 0.3) is 0 Å². The number of carbonyl (C=O) groups excluding carboxylic acids is 4. The summed E-state index contributed by atoms with van der Waals surface area (Å²) in [6, 6.07) is 3.61. The molecule has 0 aliphatic rings. The van der Waals surface area contributed by atoms with Gasteiger partial charge in [0.1, 0.15) is 18.2 Å². The minimum Gasteiger partial charge on any atom is -0.459 e. The van der Waals surface area contributed by atoms with E-state index in [1.165, 1.54) is 12.1 Å². The van der Waals surface area contributed by atoms with Crippen molar-refractivity contribution >= 4 is 23.9 Å². The number of nitrogens with two attached hydrogens (primary N) is 1. The molecule has 0 fully saturated rings. The van der Waals surface area contributed by atoms with Crippen LogP contribution in [0.1, 0.15) is 74.8 Å². The third kappa shape index (κ3) is 9.60. The first-order chi connectivity index (χ1) is 16.3. The van der Waals surface area contributed by atoms with E-state index < -0.39 is 47.0 Å². The molecule has 0 aliphatic heterocycles. The van der Waals surface area contributed by atoms with Crippen molar-refractivity contribution in [3.8, 4) is 11.5 Å². The predicted molar refractivity (Wildman–Crippen MR) is 134 cm³/mol. The fourth-order valence-electron chi connectivity index (χ4n) is 2.47. The van der Waals surface area contributed by atoms with Gasteiger partial charge in [0.05, 0.1) is 16.7 Å². The fourth-order valence-corrected chi connectivity index (χ4v) is 2.47. The zero-order valence-electron chi connectivity index (χ0n) is 23.1. The highest BCUT2D eigenvalue weighted by Gasteiger charge is 2.29. The molecule has 1 aromatic rings. The van der Waals surface area contributed by atoms with Crippen molar-refractivity contribution in [1.82, 2.24) is 0 Å². The van der Waals surface area contributed by atoms with E-state index in [4.69, 9.17) is 24.7 Å². The standard InChI is InChI=1S/C27H41NO8/c1-15(2)22(29)33-16(3)17(4)34-23(30)19(28)13-18-11-12-20(35-24(31)26(5,6)7)21(14-18)36-25(32)27(8,9)10/h11-12,14-17,19H,13,28H2,1-10H3/t16-,17-,19-/m0/s1. The molecule has 0 bridgehead atoms. The van der Waals surface area contributed by atoms with Crippen LogP contribution in [0.2, 0.25) is 0 Å². The molecule has 0 saturated heterocycles. The Morgan fingerprint density at radius 1 is 0.750 bits per heavy atom. The first-order valence-electron chi connectivity index (χ1n) is 12.1. The van der Waals surface area contributed by atoms with Crippen molar-refractivity contribution in [1.29, 1.82) is 0 Å². The third-order valence-corrected chi connectivity index (χ3v) is 5.13. The van der Waals surface area contributed by atoms with Gasteiger partial charge in [-0.2, -0.15) is 0 Å². The summed E-state index contributed by atoms with van der Waals surface area (Å²) in [5.74, 6) is -2.24. The highest BCUT2D eigenvalue weighted by atomic mass is 16.6. The zero-order chi connectivity index (χ0) is 28.0. The molecule has 2 N–H and O–H groups in total. The quantitative estimate of drug-likeness (QED) is 0.389.